The topological polar surface area (TPSA) is 41.9 Å². The fourth-order valence-corrected chi connectivity index (χ4v) is 2.38. The average Bonchev–Trinajstić information content (AvgIpc) is 2.39. The van der Waals surface area contributed by atoms with Crippen molar-refractivity contribution in [2.24, 2.45) is 0 Å². The van der Waals surface area contributed by atoms with Crippen LogP contribution < -0.4 is 4.90 Å². The molecule has 7 heteroatoms. The summed E-state index contributed by atoms with van der Waals surface area (Å²) in [5, 5.41) is 0.984. The van der Waals surface area contributed by atoms with Crippen molar-refractivity contribution in [1.82, 2.24) is 15.0 Å². The van der Waals surface area contributed by atoms with Crippen LogP contribution in [0.4, 0.5) is 5.95 Å². The minimum Gasteiger partial charge on any atom is -0.344 e. The molecule has 0 aliphatic carbocycles. The standard InChI is InChI=1S/C13H13Cl3N4/c1-20(13-18-11(15)17-12(16)19-13)8-4-6-9-5-2-3-7-10(9)14/h2-3,5,7H,4,6,8H2,1H3. The number of hydrogen-bond donors (Lipinski definition) is 0. The summed E-state index contributed by atoms with van der Waals surface area (Å²) in [4.78, 5) is 13.7. The first-order chi connectivity index (χ1) is 9.56. The number of anilines is 1. The Labute approximate surface area is 132 Å². The predicted octanol–water partition coefficient (Wildman–Crippen LogP) is 3.90. The summed E-state index contributed by atoms with van der Waals surface area (Å²) in [6, 6.07) is 7.83. The van der Waals surface area contributed by atoms with E-state index >= 15 is 0 Å². The van der Waals surface area contributed by atoms with Crippen LogP contribution in [-0.2, 0) is 6.42 Å². The normalized spacial score (nSPS) is 10.6. The Morgan fingerprint density at radius 1 is 1.00 bits per heavy atom. The maximum absolute atomic E-state index is 6.12. The Kier molecular flexibility index (Phi) is 5.40. The lowest BCUT2D eigenvalue weighted by Gasteiger charge is -2.16. The van der Waals surface area contributed by atoms with E-state index < -0.39 is 0 Å². The van der Waals surface area contributed by atoms with E-state index in [9.17, 15) is 0 Å². The van der Waals surface area contributed by atoms with Gasteiger partial charge in [-0.1, -0.05) is 29.8 Å². The summed E-state index contributed by atoms with van der Waals surface area (Å²) in [5.41, 5.74) is 1.13. The number of halogens is 3. The lowest BCUT2D eigenvalue weighted by Crippen LogP contribution is -2.22. The molecule has 1 heterocycles. The molecule has 0 saturated carbocycles. The summed E-state index contributed by atoms with van der Waals surface area (Å²) >= 11 is 17.6. The SMILES string of the molecule is CN(CCCc1ccccc1Cl)c1nc(Cl)nc(Cl)n1. The fourth-order valence-electron chi connectivity index (χ4n) is 1.79. The number of rotatable bonds is 5. The van der Waals surface area contributed by atoms with E-state index in [4.69, 9.17) is 34.8 Å². The zero-order valence-electron chi connectivity index (χ0n) is 10.9. The highest BCUT2D eigenvalue weighted by Gasteiger charge is 2.08. The van der Waals surface area contributed by atoms with E-state index in [-0.39, 0.29) is 10.6 Å². The Hall–Kier alpha value is -1.10. The molecule has 106 valence electrons. The van der Waals surface area contributed by atoms with Gasteiger partial charge in [-0.3, -0.25) is 0 Å². The highest BCUT2D eigenvalue weighted by molar-refractivity contribution is 6.31. The van der Waals surface area contributed by atoms with Crippen LogP contribution in [-0.4, -0.2) is 28.5 Å². The number of hydrogen-bond acceptors (Lipinski definition) is 4. The molecular weight excluding hydrogens is 319 g/mol. The molecule has 0 N–H and O–H groups in total. The van der Waals surface area contributed by atoms with Crippen molar-refractivity contribution in [2.45, 2.75) is 12.8 Å². The van der Waals surface area contributed by atoms with Gasteiger partial charge in [0.1, 0.15) is 0 Å². The van der Waals surface area contributed by atoms with Crippen molar-refractivity contribution >= 4 is 40.8 Å². The second-order valence-corrected chi connectivity index (χ2v) is 5.37. The molecule has 1 aromatic heterocycles. The predicted molar refractivity (Wildman–Crippen MR) is 82.9 cm³/mol. The molecule has 20 heavy (non-hydrogen) atoms. The first-order valence-corrected chi connectivity index (χ1v) is 7.21. The van der Waals surface area contributed by atoms with Gasteiger partial charge in [-0.2, -0.15) is 15.0 Å². The Morgan fingerprint density at radius 2 is 1.65 bits per heavy atom. The molecule has 0 aliphatic heterocycles. The first-order valence-electron chi connectivity index (χ1n) is 6.08. The van der Waals surface area contributed by atoms with E-state index in [1.807, 2.05) is 36.2 Å². The molecule has 0 amide bonds. The fraction of sp³-hybridized carbons (Fsp3) is 0.308. The van der Waals surface area contributed by atoms with Crippen LogP contribution in [0.1, 0.15) is 12.0 Å². The second kappa shape index (κ2) is 7.07. The molecule has 0 fully saturated rings. The van der Waals surface area contributed by atoms with E-state index in [0.717, 1.165) is 30.0 Å². The maximum atomic E-state index is 6.12. The summed E-state index contributed by atoms with van der Waals surface area (Å²) < 4.78 is 0. The van der Waals surface area contributed by atoms with Crippen LogP contribution in [0.2, 0.25) is 15.6 Å². The molecule has 0 unspecified atom stereocenters. The lowest BCUT2D eigenvalue weighted by atomic mass is 10.1. The number of benzene rings is 1. The van der Waals surface area contributed by atoms with Crippen molar-refractivity contribution in [2.75, 3.05) is 18.5 Å². The third-order valence-corrected chi connectivity index (χ3v) is 3.51. The minimum atomic E-state index is 0.0953. The third kappa shape index (κ3) is 4.20. The molecule has 0 saturated heterocycles. The molecule has 2 rings (SSSR count). The van der Waals surface area contributed by atoms with Crippen molar-refractivity contribution in [3.05, 3.63) is 45.4 Å². The first kappa shape index (κ1) is 15.3. The van der Waals surface area contributed by atoms with Gasteiger partial charge in [0.15, 0.2) is 0 Å². The van der Waals surface area contributed by atoms with Gasteiger partial charge in [0.05, 0.1) is 0 Å². The molecule has 0 radical (unpaired) electrons. The minimum absolute atomic E-state index is 0.0953. The summed E-state index contributed by atoms with van der Waals surface area (Å²) in [6.07, 6.45) is 1.80. The van der Waals surface area contributed by atoms with Gasteiger partial charge in [0.2, 0.25) is 16.5 Å². The monoisotopic (exact) mass is 330 g/mol. The largest absolute Gasteiger partial charge is 0.344 e. The summed E-state index contributed by atoms with van der Waals surface area (Å²) in [7, 11) is 1.88. The van der Waals surface area contributed by atoms with E-state index in [2.05, 4.69) is 15.0 Å². The number of aromatic nitrogens is 3. The zero-order valence-corrected chi connectivity index (χ0v) is 13.1. The van der Waals surface area contributed by atoms with E-state index in [0.29, 0.717) is 5.95 Å². The third-order valence-electron chi connectivity index (χ3n) is 2.81. The molecule has 0 spiro atoms. The van der Waals surface area contributed by atoms with Crippen LogP contribution >= 0.6 is 34.8 Å². The highest BCUT2D eigenvalue weighted by atomic mass is 35.5. The van der Waals surface area contributed by atoms with Crippen molar-refractivity contribution in [1.29, 1.82) is 0 Å². The van der Waals surface area contributed by atoms with Gasteiger partial charge >= 0.3 is 0 Å². The molecule has 0 aliphatic rings. The molecular formula is C13H13Cl3N4. The van der Waals surface area contributed by atoms with E-state index in [1.165, 1.54) is 0 Å². The quantitative estimate of drug-likeness (QED) is 0.833. The molecule has 2 aromatic rings. The summed E-state index contributed by atoms with van der Waals surface area (Å²) in [6.45, 7) is 0.766. The van der Waals surface area contributed by atoms with Gasteiger partial charge in [-0.15, -0.1) is 0 Å². The van der Waals surface area contributed by atoms with Crippen molar-refractivity contribution < 1.29 is 0 Å². The average molecular weight is 332 g/mol. The second-order valence-electron chi connectivity index (χ2n) is 4.29. The van der Waals surface area contributed by atoms with Crippen LogP contribution in [0.5, 0.6) is 0 Å². The maximum Gasteiger partial charge on any atom is 0.230 e. The van der Waals surface area contributed by atoms with Crippen LogP contribution in [0, 0.1) is 0 Å². The molecule has 0 atom stereocenters. The van der Waals surface area contributed by atoms with E-state index in [1.54, 1.807) is 0 Å². The van der Waals surface area contributed by atoms with Crippen LogP contribution in [0.15, 0.2) is 24.3 Å². The van der Waals surface area contributed by atoms with Crippen molar-refractivity contribution in [3.63, 3.8) is 0 Å². The van der Waals surface area contributed by atoms with Gasteiger partial charge in [-0.05, 0) is 47.7 Å². The van der Waals surface area contributed by atoms with Gasteiger partial charge in [0, 0.05) is 18.6 Å². The van der Waals surface area contributed by atoms with Crippen LogP contribution in [0.3, 0.4) is 0 Å². The Morgan fingerprint density at radius 3 is 2.30 bits per heavy atom. The van der Waals surface area contributed by atoms with Crippen LogP contribution in [0.25, 0.3) is 0 Å². The Balaban J connectivity index is 1.92. The van der Waals surface area contributed by atoms with Crippen molar-refractivity contribution in [3.8, 4) is 0 Å². The molecule has 0 bridgehead atoms. The highest BCUT2D eigenvalue weighted by Crippen LogP contribution is 2.17. The summed E-state index contributed by atoms with van der Waals surface area (Å²) in [5.74, 6) is 0.467. The number of nitrogens with zero attached hydrogens (tertiary/aromatic N) is 4. The van der Waals surface area contributed by atoms with Gasteiger partial charge in [0.25, 0.3) is 0 Å². The number of aryl methyl sites for hydroxylation is 1. The smallest absolute Gasteiger partial charge is 0.230 e. The zero-order chi connectivity index (χ0) is 14.5. The van der Waals surface area contributed by atoms with Gasteiger partial charge < -0.3 is 4.90 Å². The van der Waals surface area contributed by atoms with Gasteiger partial charge in [-0.25, -0.2) is 0 Å². The lowest BCUT2D eigenvalue weighted by molar-refractivity contribution is 0.762. The molecule has 4 nitrogen and oxygen atoms in total. The Bertz CT molecular complexity index is 571. The molecule has 1 aromatic carbocycles.